The van der Waals surface area contributed by atoms with E-state index in [1.54, 1.807) is 53.7 Å². The van der Waals surface area contributed by atoms with Crippen LogP contribution in [-0.4, -0.2) is 73.2 Å². The van der Waals surface area contributed by atoms with Gasteiger partial charge in [-0.15, -0.1) is 0 Å². The number of esters is 2. The number of nitrogens with one attached hydrogen (secondary N) is 3. The Bertz CT molecular complexity index is 3680. The lowest BCUT2D eigenvalue weighted by atomic mass is 9.79. The molecule has 4 atom stereocenters. The van der Waals surface area contributed by atoms with Crippen LogP contribution >= 0.6 is 23.2 Å². The fourth-order valence-corrected chi connectivity index (χ4v) is 11.1. The van der Waals surface area contributed by atoms with Crippen LogP contribution in [0.5, 0.6) is 0 Å². The summed E-state index contributed by atoms with van der Waals surface area (Å²) < 4.78 is 29.4. The molecule has 0 bridgehead atoms. The second-order valence-electron chi connectivity index (χ2n) is 23.7. The zero-order valence-electron chi connectivity index (χ0n) is 51.3. The number of halogens is 2. The smallest absolute Gasteiger partial charge is 0.407 e. The van der Waals surface area contributed by atoms with E-state index in [1.807, 2.05) is 196 Å². The monoisotopic (exact) mass is 1240 g/mol. The summed E-state index contributed by atoms with van der Waals surface area (Å²) in [5.74, 6) is -1.56. The summed E-state index contributed by atoms with van der Waals surface area (Å²) in [6.45, 7) is 14.8. The van der Waals surface area contributed by atoms with Crippen LogP contribution in [0.2, 0.25) is 10.0 Å². The molecule has 16 heteroatoms. The van der Waals surface area contributed by atoms with E-state index in [4.69, 9.17) is 52.6 Å². The minimum Gasteiger partial charge on any atom is -0.449 e. The molecule has 4 unspecified atom stereocenters. The second-order valence-corrected chi connectivity index (χ2v) is 24.5. The Balaban J connectivity index is 0.000000248. The van der Waals surface area contributed by atoms with Crippen molar-refractivity contribution < 1.29 is 47.7 Å². The van der Waals surface area contributed by atoms with Crippen LogP contribution in [0, 0.1) is 13.8 Å². The number of hydrogen-bond acceptors (Lipinski definition) is 11. The number of fused-ring (bicyclic) bond motifs is 3. The van der Waals surface area contributed by atoms with Crippen molar-refractivity contribution >= 4 is 53.4 Å². The number of rotatable bonds is 19. The number of carbonyl (C=O) groups is 5. The highest BCUT2D eigenvalue weighted by Crippen LogP contribution is 2.47. The third-order valence-corrected chi connectivity index (χ3v) is 15.4. The van der Waals surface area contributed by atoms with Crippen molar-refractivity contribution in [2.75, 3.05) is 19.7 Å². The fourth-order valence-electron chi connectivity index (χ4n) is 10.6. The molecule has 462 valence electrons. The van der Waals surface area contributed by atoms with E-state index in [-0.39, 0.29) is 38.5 Å². The van der Waals surface area contributed by atoms with E-state index >= 15 is 0 Å². The molecule has 0 spiro atoms. The molecule has 5 N–H and O–H groups in total. The quantitative estimate of drug-likeness (QED) is 0.0342. The molecule has 0 aromatic heterocycles. The molecule has 89 heavy (non-hydrogen) atoms. The van der Waals surface area contributed by atoms with Gasteiger partial charge in [-0.1, -0.05) is 228 Å². The molecule has 0 saturated heterocycles. The zero-order chi connectivity index (χ0) is 63.9. The Morgan fingerprint density at radius 2 is 0.820 bits per heavy atom. The minimum atomic E-state index is -1.51. The number of hydrogen-bond donors (Lipinski definition) is 4. The first-order valence-corrected chi connectivity index (χ1v) is 30.3. The van der Waals surface area contributed by atoms with Crippen molar-refractivity contribution in [3.8, 4) is 11.1 Å². The van der Waals surface area contributed by atoms with Gasteiger partial charge in [-0.05, 0) is 103 Å². The molecule has 0 fully saturated rings. The van der Waals surface area contributed by atoms with Crippen LogP contribution in [0.25, 0.3) is 11.1 Å². The lowest BCUT2D eigenvalue weighted by Crippen LogP contribution is -2.48. The highest BCUT2D eigenvalue weighted by Gasteiger charge is 2.45. The number of aryl methyl sites for hydroxylation is 2. The molecule has 0 heterocycles. The number of nitrogens with two attached hydrogens (primary N) is 1. The standard InChI is InChI=1S/C44H43ClN2O6.C29H33ClN2O4/c1-29-22-24-31(25-23-29)44(30-14-6-5-7-15-30,37-20-12-13-21-38(37)45)52-40(48)39(26-27-46-41(49)53-43(2,3)4)47-42(50)51-28-36-34-18-10-8-16-32(34)33-17-9-11-19-35(33)36;1-20-14-16-22(17-15-20)29(21-10-6-5-7-11-21,23-12-8-9-13-24(23)30)35-26(33)25(31)18-19-32-27(34)36-28(2,3)4/h5-25,36,39H,26-28H2,1-4H3,(H,46,49)(H,47,50);5-17,25H,18-19,31H2,1-4H3,(H,32,34). The number of amides is 3. The molecule has 1 aliphatic carbocycles. The Labute approximate surface area is 531 Å². The van der Waals surface area contributed by atoms with Gasteiger partial charge in [0.05, 0.1) is 0 Å². The third kappa shape index (κ3) is 16.6. The summed E-state index contributed by atoms with van der Waals surface area (Å²) in [6, 6.07) is 62.6. The summed E-state index contributed by atoms with van der Waals surface area (Å²) in [4.78, 5) is 66.2. The van der Waals surface area contributed by atoms with Gasteiger partial charge in [0, 0.05) is 62.4 Å². The van der Waals surface area contributed by atoms with Crippen LogP contribution in [0.1, 0.15) is 116 Å². The molecule has 8 aromatic carbocycles. The van der Waals surface area contributed by atoms with E-state index in [2.05, 4.69) is 28.1 Å². The van der Waals surface area contributed by atoms with Gasteiger partial charge >= 0.3 is 30.2 Å². The van der Waals surface area contributed by atoms with Crippen LogP contribution in [0.4, 0.5) is 14.4 Å². The minimum absolute atomic E-state index is 0.00665. The molecule has 0 saturated carbocycles. The summed E-state index contributed by atoms with van der Waals surface area (Å²) in [5.41, 5.74) is 12.4. The van der Waals surface area contributed by atoms with Crippen molar-refractivity contribution in [1.82, 2.24) is 16.0 Å². The second kappa shape index (κ2) is 29.4. The number of ether oxygens (including phenoxy) is 5. The van der Waals surface area contributed by atoms with Gasteiger partial charge in [0.2, 0.25) is 0 Å². The molecular weight excluding hydrogens is 1160 g/mol. The highest BCUT2D eigenvalue weighted by molar-refractivity contribution is 6.32. The largest absolute Gasteiger partial charge is 0.449 e. The maximum atomic E-state index is 14.6. The lowest BCUT2D eigenvalue weighted by Gasteiger charge is -2.37. The summed E-state index contributed by atoms with van der Waals surface area (Å²) in [7, 11) is 0. The van der Waals surface area contributed by atoms with Gasteiger partial charge in [0.15, 0.2) is 11.2 Å². The number of benzene rings is 8. The third-order valence-electron chi connectivity index (χ3n) is 14.7. The van der Waals surface area contributed by atoms with Crippen LogP contribution < -0.4 is 21.7 Å². The predicted molar refractivity (Wildman–Crippen MR) is 348 cm³/mol. The first kappa shape index (κ1) is 66.0. The van der Waals surface area contributed by atoms with Crippen LogP contribution in [-0.2, 0) is 44.5 Å². The molecule has 8 aromatic rings. The Morgan fingerprint density at radius 3 is 1.25 bits per heavy atom. The van der Waals surface area contributed by atoms with Crippen molar-refractivity contribution in [2.45, 2.75) is 109 Å². The topological polar surface area (TPSA) is 194 Å². The average molecular weight is 1240 g/mol. The number of carbonyl (C=O) groups excluding carboxylic acids is 5. The normalized spacial score (nSPS) is 13.8. The number of alkyl carbamates (subject to hydrolysis) is 3. The Hall–Kier alpha value is -8.95. The molecule has 0 radical (unpaired) electrons. The van der Waals surface area contributed by atoms with Gasteiger partial charge in [-0.3, -0.25) is 4.79 Å². The molecule has 3 amide bonds. The zero-order valence-corrected chi connectivity index (χ0v) is 52.8. The average Bonchev–Trinajstić information content (AvgIpc) is 1.23. The van der Waals surface area contributed by atoms with Gasteiger partial charge in [0.1, 0.15) is 29.9 Å². The molecule has 0 aliphatic heterocycles. The Kier molecular flexibility index (Phi) is 21.8. The fraction of sp³-hybridized carbons (Fsp3) is 0.274. The van der Waals surface area contributed by atoms with Gasteiger partial charge in [-0.2, -0.15) is 0 Å². The van der Waals surface area contributed by atoms with E-state index in [9.17, 15) is 24.0 Å². The summed E-state index contributed by atoms with van der Waals surface area (Å²) in [5, 5.41) is 8.91. The van der Waals surface area contributed by atoms with E-state index in [0.29, 0.717) is 32.3 Å². The maximum absolute atomic E-state index is 14.6. The van der Waals surface area contributed by atoms with Gasteiger partial charge < -0.3 is 45.4 Å². The first-order valence-electron chi connectivity index (χ1n) is 29.5. The van der Waals surface area contributed by atoms with E-state index in [1.165, 1.54) is 0 Å². The van der Waals surface area contributed by atoms with E-state index in [0.717, 1.165) is 44.5 Å². The maximum Gasteiger partial charge on any atom is 0.407 e. The predicted octanol–water partition coefficient (Wildman–Crippen LogP) is 15.0. The summed E-state index contributed by atoms with van der Waals surface area (Å²) >= 11 is 13.6. The van der Waals surface area contributed by atoms with Gasteiger partial charge in [0.25, 0.3) is 0 Å². The highest BCUT2D eigenvalue weighted by atomic mass is 35.5. The molecular formula is C73H76Cl2N4O10. The van der Waals surface area contributed by atoms with Crippen molar-refractivity contribution in [3.05, 3.63) is 272 Å². The van der Waals surface area contributed by atoms with Gasteiger partial charge in [-0.25, -0.2) is 19.2 Å². The Morgan fingerprint density at radius 1 is 0.449 bits per heavy atom. The van der Waals surface area contributed by atoms with Crippen LogP contribution in [0.15, 0.2) is 206 Å². The molecule has 9 rings (SSSR count). The summed E-state index contributed by atoms with van der Waals surface area (Å²) in [6.07, 6.45) is -1.88. The SMILES string of the molecule is Cc1ccc(C(OC(=O)C(CCNC(=O)OC(C)(C)C)NC(=O)OCC2c3ccccc3-c3ccccc32)(c2ccccc2)c2ccccc2Cl)cc1.Cc1ccc(C(OC(=O)C(N)CCNC(=O)OC(C)(C)C)(c2ccccc2)c2ccccc2Cl)cc1. The molecule has 1 aliphatic rings. The van der Waals surface area contributed by atoms with E-state index < -0.39 is 64.7 Å². The van der Waals surface area contributed by atoms with Crippen molar-refractivity contribution in [1.29, 1.82) is 0 Å². The first-order chi connectivity index (χ1) is 42.5. The van der Waals surface area contributed by atoms with Crippen molar-refractivity contribution in [3.63, 3.8) is 0 Å². The van der Waals surface area contributed by atoms with Crippen molar-refractivity contribution in [2.24, 2.45) is 5.73 Å². The van der Waals surface area contributed by atoms with Crippen LogP contribution in [0.3, 0.4) is 0 Å². The molecule has 14 nitrogen and oxygen atoms in total. The lowest BCUT2D eigenvalue weighted by molar-refractivity contribution is -0.156.